The Morgan fingerprint density at radius 2 is 1.47 bits per heavy atom. The molecule has 0 aromatic heterocycles. The van der Waals surface area contributed by atoms with E-state index in [1.54, 1.807) is 20.8 Å². The Balaban J connectivity index is 1.89. The quantitative estimate of drug-likeness (QED) is 0.267. The summed E-state index contributed by atoms with van der Waals surface area (Å²) in [5, 5.41) is 4.32. The average molecular weight is 433 g/mol. The van der Waals surface area contributed by atoms with Crippen LogP contribution in [0.25, 0.3) is 0 Å². The standard InChI is InChI=1S/C26H28N2O4/c1-26(2,3)32-31-24(29)19-30-27-25(20-13-7-5-8-14-20)22-17-11-12-18-23(22)28(4)21-15-9-6-10-16-21/h5-18H,19H2,1-4H3/b27-25+. The van der Waals surface area contributed by atoms with Crippen molar-refractivity contribution in [2.75, 3.05) is 18.6 Å². The lowest BCUT2D eigenvalue weighted by Crippen LogP contribution is -2.23. The first kappa shape index (κ1) is 23.0. The molecule has 0 fully saturated rings. The minimum atomic E-state index is -0.661. The SMILES string of the molecule is CN(c1ccccc1)c1ccccc1/C(=N/OCC(=O)OOC(C)(C)C)c1ccccc1. The zero-order valence-corrected chi connectivity index (χ0v) is 18.8. The highest BCUT2D eigenvalue weighted by Gasteiger charge is 2.18. The molecule has 166 valence electrons. The number of benzene rings is 3. The van der Waals surface area contributed by atoms with Crippen LogP contribution in [0.5, 0.6) is 0 Å². The average Bonchev–Trinajstić information content (AvgIpc) is 2.81. The van der Waals surface area contributed by atoms with E-state index < -0.39 is 11.6 Å². The van der Waals surface area contributed by atoms with Gasteiger partial charge < -0.3 is 9.74 Å². The predicted molar refractivity (Wildman–Crippen MR) is 126 cm³/mol. The molecular weight excluding hydrogens is 404 g/mol. The van der Waals surface area contributed by atoms with E-state index in [0.717, 1.165) is 22.5 Å². The summed E-state index contributed by atoms with van der Waals surface area (Å²) in [5.41, 5.74) is 3.72. The normalized spacial score (nSPS) is 11.7. The molecule has 3 aromatic rings. The molecule has 0 aliphatic carbocycles. The zero-order chi connectivity index (χ0) is 23.0. The van der Waals surface area contributed by atoms with E-state index in [4.69, 9.17) is 14.6 Å². The van der Waals surface area contributed by atoms with Crippen LogP contribution in [0.15, 0.2) is 90.1 Å². The number of hydrogen-bond acceptors (Lipinski definition) is 6. The Bertz CT molecular complexity index is 1040. The number of para-hydroxylation sites is 2. The lowest BCUT2D eigenvalue weighted by molar-refractivity contribution is -0.322. The van der Waals surface area contributed by atoms with Crippen molar-refractivity contribution < 1.29 is 19.4 Å². The number of nitrogens with zero attached hydrogens (tertiary/aromatic N) is 2. The second-order valence-electron chi connectivity index (χ2n) is 8.14. The predicted octanol–water partition coefficient (Wildman–Crippen LogP) is 5.50. The zero-order valence-electron chi connectivity index (χ0n) is 18.8. The van der Waals surface area contributed by atoms with E-state index >= 15 is 0 Å². The fourth-order valence-corrected chi connectivity index (χ4v) is 2.96. The number of carbonyl (C=O) groups is 1. The maximum atomic E-state index is 12.0. The van der Waals surface area contributed by atoms with E-state index in [0.29, 0.717) is 5.71 Å². The third-order valence-corrected chi connectivity index (χ3v) is 4.43. The Labute approximate surface area is 189 Å². The second-order valence-corrected chi connectivity index (χ2v) is 8.14. The first-order chi connectivity index (χ1) is 15.3. The molecule has 0 aliphatic heterocycles. The summed E-state index contributed by atoms with van der Waals surface area (Å²) in [6.07, 6.45) is 0. The van der Waals surface area contributed by atoms with Crippen LogP contribution in [0.4, 0.5) is 11.4 Å². The van der Waals surface area contributed by atoms with Crippen molar-refractivity contribution >= 4 is 23.1 Å². The van der Waals surface area contributed by atoms with Crippen molar-refractivity contribution in [1.82, 2.24) is 0 Å². The minimum Gasteiger partial charge on any atom is -0.383 e. The van der Waals surface area contributed by atoms with Crippen molar-refractivity contribution in [3.05, 3.63) is 96.1 Å². The van der Waals surface area contributed by atoms with Crippen LogP contribution in [0.2, 0.25) is 0 Å². The van der Waals surface area contributed by atoms with Crippen molar-refractivity contribution in [3.8, 4) is 0 Å². The summed E-state index contributed by atoms with van der Waals surface area (Å²) >= 11 is 0. The highest BCUT2D eigenvalue weighted by atomic mass is 17.2. The van der Waals surface area contributed by atoms with Gasteiger partial charge in [0, 0.05) is 23.9 Å². The topological polar surface area (TPSA) is 60.4 Å². The van der Waals surface area contributed by atoms with Crippen molar-refractivity contribution in [2.24, 2.45) is 5.16 Å². The van der Waals surface area contributed by atoms with Gasteiger partial charge in [0.1, 0.15) is 11.3 Å². The van der Waals surface area contributed by atoms with Gasteiger partial charge >= 0.3 is 5.97 Å². The van der Waals surface area contributed by atoms with Gasteiger partial charge in [-0.25, -0.2) is 4.79 Å². The Kier molecular flexibility index (Phi) is 7.63. The van der Waals surface area contributed by atoms with Crippen LogP contribution in [-0.2, 0) is 19.4 Å². The van der Waals surface area contributed by atoms with Gasteiger partial charge in [-0.1, -0.05) is 71.9 Å². The molecule has 0 aliphatic rings. The largest absolute Gasteiger partial charge is 0.383 e. The minimum absolute atomic E-state index is 0.372. The number of hydrogen-bond donors (Lipinski definition) is 0. The summed E-state index contributed by atoms with van der Waals surface area (Å²) in [5.74, 6) is -0.661. The summed E-state index contributed by atoms with van der Waals surface area (Å²) < 4.78 is 0. The molecule has 0 radical (unpaired) electrons. The molecule has 32 heavy (non-hydrogen) atoms. The molecule has 0 heterocycles. The summed E-state index contributed by atoms with van der Waals surface area (Å²) in [4.78, 5) is 29.2. The van der Waals surface area contributed by atoms with Gasteiger partial charge in [0.2, 0.25) is 6.61 Å². The molecule has 6 nitrogen and oxygen atoms in total. The van der Waals surface area contributed by atoms with Gasteiger partial charge in [-0.15, -0.1) is 0 Å². The maximum absolute atomic E-state index is 12.0. The molecule has 0 N–H and O–H groups in total. The highest BCUT2D eigenvalue weighted by Crippen LogP contribution is 2.29. The van der Waals surface area contributed by atoms with Gasteiger partial charge in [0.05, 0.1) is 5.69 Å². The molecule has 0 saturated carbocycles. The maximum Gasteiger partial charge on any atom is 0.382 e. The van der Waals surface area contributed by atoms with E-state index in [1.807, 2.05) is 92.0 Å². The van der Waals surface area contributed by atoms with Crippen LogP contribution in [-0.4, -0.2) is 30.9 Å². The number of oxime groups is 1. The van der Waals surface area contributed by atoms with E-state index in [1.165, 1.54) is 0 Å². The smallest absolute Gasteiger partial charge is 0.382 e. The molecule has 3 aromatic carbocycles. The van der Waals surface area contributed by atoms with Crippen LogP contribution >= 0.6 is 0 Å². The van der Waals surface area contributed by atoms with Crippen LogP contribution in [0.1, 0.15) is 31.9 Å². The number of anilines is 2. The lowest BCUT2D eigenvalue weighted by Gasteiger charge is -2.23. The van der Waals surface area contributed by atoms with Gasteiger partial charge in [0.25, 0.3) is 0 Å². The van der Waals surface area contributed by atoms with Gasteiger partial charge in [-0.3, -0.25) is 4.89 Å². The number of rotatable bonds is 8. The lowest BCUT2D eigenvalue weighted by atomic mass is 10.00. The molecule has 6 heteroatoms. The Morgan fingerprint density at radius 3 is 2.12 bits per heavy atom. The first-order valence-electron chi connectivity index (χ1n) is 10.4. The van der Waals surface area contributed by atoms with Crippen LogP contribution in [0, 0.1) is 0 Å². The summed E-state index contributed by atoms with van der Waals surface area (Å²) in [6, 6.07) is 27.7. The third kappa shape index (κ3) is 6.43. The van der Waals surface area contributed by atoms with Crippen LogP contribution in [0.3, 0.4) is 0 Å². The Hall–Kier alpha value is -3.64. The van der Waals surface area contributed by atoms with E-state index in [9.17, 15) is 4.79 Å². The fourth-order valence-electron chi connectivity index (χ4n) is 2.96. The van der Waals surface area contributed by atoms with Gasteiger partial charge in [-0.2, -0.15) is 4.89 Å². The third-order valence-electron chi connectivity index (χ3n) is 4.43. The monoisotopic (exact) mass is 432 g/mol. The van der Waals surface area contributed by atoms with Crippen molar-refractivity contribution in [1.29, 1.82) is 0 Å². The van der Waals surface area contributed by atoms with Crippen LogP contribution < -0.4 is 4.90 Å². The molecule has 0 unspecified atom stereocenters. The van der Waals surface area contributed by atoms with Crippen molar-refractivity contribution in [3.63, 3.8) is 0 Å². The Morgan fingerprint density at radius 1 is 0.875 bits per heavy atom. The molecule has 0 amide bonds. The molecule has 0 saturated heterocycles. The second kappa shape index (κ2) is 10.6. The fraction of sp³-hybridized carbons (Fsp3) is 0.231. The van der Waals surface area contributed by atoms with Gasteiger partial charge in [0.15, 0.2) is 0 Å². The molecular formula is C26H28N2O4. The number of carbonyl (C=O) groups excluding carboxylic acids is 1. The van der Waals surface area contributed by atoms with E-state index in [2.05, 4.69) is 10.1 Å². The summed E-state index contributed by atoms with van der Waals surface area (Å²) in [6.45, 7) is 4.98. The van der Waals surface area contributed by atoms with E-state index in [-0.39, 0.29) is 6.61 Å². The van der Waals surface area contributed by atoms with Gasteiger partial charge in [-0.05, 0) is 39.0 Å². The molecule has 0 spiro atoms. The highest BCUT2D eigenvalue weighted by molar-refractivity contribution is 6.16. The molecule has 0 atom stereocenters. The molecule has 0 bridgehead atoms. The first-order valence-corrected chi connectivity index (χ1v) is 10.4. The molecule has 3 rings (SSSR count). The summed E-state index contributed by atoms with van der Waals surface area (Å²) in [7, 11) is 2.00. The van der Waals surface area contributed by atoms with Crippen molar-refractivity contribution in [2.45, 2.75) is 26.4 Å².